The molecule has 0 aliphatic carbocycles. The molecule has 7 heteroatoms. The molecule has 0 fully saturated rings. The lowest BCUT2D eigenvalue weighted by molar-refractivity contribution is 0.262. The van der Waals surface area contributed by atoms with Gasteiger partial charge >= 0.3 is 6.03 Å². The predicted molar refractivity (Wildman–Crippen MR) is 90.1 cm³/mol. The molecule has 3 rings (SSSR count). The number of amides is 2. The van der Waals surface area contributed by atoms with Crippen molar-refractivity contribution in [3.63, 3.8) is 0 Å². The summed E-state index contributed by atoms with van der Waals surface area (Å²) < 4.78 is 5.18. The molecule has 0 bridgehead atoms. The Hall–Kier alpha value is -2.60. The maximum atomic E-state index is 12.2. The molecule has 2 aromatic heterocycles. The average Bonchev–Trinajstić information content (AvgIpc) is 2.90. The molecule has 2 heterocycles. The first-order chi connectivity index (χ1) is 11.0. The molecule has 0 aliphatic rings. The number of aryl methyl sites for hydroxylation is 3. The molecule has 118 valence electrons. The Morgan fingerprint density at radius 3 is 2.65 bits per heavy atom. The summed E-state index contributed by atoms with van der Waals surface area (Å²) >= 11 is 6.21. The molecule has 3 aromatic rings. The van der Waals surface area contributed by atoms with Gasteiger partial charge in [0, 0.05) is 5.69 Å². The van der Waals surface area contributed by atoms with E-state index in [1.54, 1.807) is 6.92 Å². The number of rotatable bonds is 2. The fourth-order valence-electron chi connectivity index (χ4n) is 2.34. The summed E-state index contributed by atoms with van der Waals surface area (Å²) in [6, 6.07) is 7.08. The van der Waals surface area contributed by atoms with Crippen molar-refractivity contribution < 1.29 is 9.32 Å². The standard InChI is InChI=1S/C16H15ClN4O2/c1-8-6-4-5-7-11(8)19-16(22)20-14-12-9(2)13(17)10(3)18-15(12)23-21-14/h4-7H,1-3H3,(H2,19,20,21,22). The third-order valence-electron chi connectivity index (χ3n) is 3.59. The van der Waals surface area contributed by atoms with Crippen molar-refractivity contribution >= 4 is 40.2 Å². The van der Waals surface area contributed by atoms with Crippen molar-refractivity contribution in [2.75, 3.05) is 10.6 Å². The smallest absolute Gasteiger partial charge is 0.324 e. The van der Waals surface area contributed by atoms with Crippen molar-refractivity contribution in [3.05, 3.63) is 46.1 Å². The van der Waals surface area contributed by atoms with E-state index in [0.29, 0.717) is 21.8 Å². The van der Waals surface area contributed by atoms with Gasteiger partial charge < -0.3 is 9.84 Å². The third-order valence-corrected chi connectivity index (χ3v) is 4.15. The summed E-state index contributed by atoms with van der Waals surface area (Å²) in [7, 11) is 0. The van der Waals surface area contributed by atoms with Gasteiger partial charge in [-0.05, 0) is 38.0 Å². The summed E-state index contributed by atoms with van der Waals surface area (Å²) in [5.41, 5.74) is 3.45. The molecular formula is C16H15ClN4O2. The Balaban J connectivity index is 1.89. The monoisotopic (exact) mass is 330 g/mol. The number of fused-ring (bicyclic) bond motifs is 1. The molecule has 0 unspecified atom stereocenters. The van der Waals surface area contributed by atoms with Crippen molar-refractivity contribution in [1.29, 1.82) is 0 Å². The maximum absolute atomic E-state index is 12.2. The highest BCUT2D eigenvalue weighted by Crippen LogP contribution is 2.31. The number of halogens is 1. The summed E-state index contributed by atoms with van der Waals surface area (Å²) in [4.78, 5) is 16.4. The van der Waals surface area contributed by atoms with E-state index in [2.05, 4.69) is 20.8 Å². The molecule has 0 radical (unpaired) electrons. The Labute approximate surface area is 137 Å². The normalized spacial score (nSPS) is 10.8. The molecule has 0 saturated heterocycles. The topological polar surface area (TPSA) is 80.0 Å². The average molecular weight is 331 g/mol. The highest BCUT2D eigenvalue weighted by atomic mass is 35.5. The van der Waals surface area contributed by atoms with Crippen LogP contribution in [0, 0.1) is 20.8 Å². The largest absolute Gasteiger partial charge is 0.334 e. The van der Waals surface area contributed by atoms with Crippen molar-refractivity contribution in [1.82, 2.24) is 10.1 Å². The van der Waals surface area contributed by atoms with Gasteiger partial charge in [0.15, 0.2) is 5.82 Å². The second-order valence-corrected chi connectivity index (χ2v) is 5.62. The zero-order chi connectivity index (χ0) is 16.6. The Kier molecular flexibility index (Phi) is 3.92. The predicted octanol–water partition coefficient (Wildman–Crippen LogP) is 4.45. The molecule has 0 aliphatic heterocycles. The minimum Gasteiger partial charge on any atom is -0.334 e. The van der Waals surface area contributed by atoms with E-state index in [-0.39, 0.29) is 5.82 Å². The lowest BCUT2D eigenvalue weighted by Gasteiger charge is -2.08. The van der Waals surface area contributed by atoms with Crippen LogP contribution in [0.2, 0.25) is 5.02 Å². The number of urea groups is 1. The van der Waals surface area contributed by atoms with E-state index in [0.717, 1.165) is 16.8 Å². The van der Waals surface area contributed by atoms with Crippen LogP contribution in [-0.2, 0) is 0 Å². The fraction of sp³-hybridized carbons (Fsp3) is 0.188. The van der Waals surface area contributed by atoms with E-state index in [1.807, 2.05) is 38.1 Å². The van der Waals surface area contributed by atoms with Crippen LogP contribution in [0.5, 0.6) is 0 Å². The van der Waals surface area contributed by atoms with E-state index < -0.39 is 6.03 Å². The number of anilines is 2. The zero-order valence-electron chi connectivity index (χ0n) is 12.9. The number of carbonyl (C=O) groups excluding carboxylic acids is 1. The number of benzene rings is 1. The Bertz CT molecular complexity index is 904. The highest BCUT2D eigenvalue weighted by Gasteiger charge is 2.18. The SMILES string of the molecule is Cc1ccccc1NC(=O)Nc1noc2nc(C)c(Cl)c(C)c12. The molecule has 0 atom stereocenters. The van der Waals surface area contributed by atoms with Gasteiger partial charge in [-0.25, -0.2) is 9.78 Å². The highest BCUT2D eigenvalue weighted by molar-refractivity contribution is 6.33. The number of pyridine rings is 1. The lowest BCUT2D eigenvalue weighted by Crippen LogP contribution is -2.20. The molecule has 23 heavy (non-hydrogen) atoms. The van der Waals surface area contributed by atoms with Gasteiger partial charge in [0.05, 0.1) is 16.1 Å². The Morgan fingerprint density at radius 1 is 1.17 bits per heavy atom. The number of nitrogens with one attached hydrogen (secondary N) is 2. The van der Waals surface area contributed by atoms with Gasteiger partial charge in [-0.15, -0.1) is 0 Å². The molecule has 6 nitrogen and oxygen atoms in total. The van der Waals surface area contributed by atoms with Gasteiger partial charge in [-0.2, -0.15) is 0 Å². The fourth-order valence-corrected chi connectivity index (χ4v) is 2.47. The number of nitrogens with zero attached hydrogens (tertiary/aromatic N) is 2. The van der Waals surface area contributed by atoms with Crippen LogP contribution in [0.15, 0.2) is 28.8 Å². The quantitative estimate of drug-likeness (QED) is 0.727. The van der Waals surface area contributed by atoms with E-state index in [4.69, 9.17) is 16.1 Å². The van der Waals surface area contributed by atoms with Gasteiger partial charge in [0.25, 0.3) is 5.71 Å². The second kappa shape index (κ2) is 5.89. The Morgan fingerprint density at radius 2 is 1.91 bits per heavy atom. The first-order valence-electron chi connectivity index (χ1n) is 7.03. The van der Waals surface area contributed by atoms with Crippen LogP contribution < -0.4 is 10.6 Å². The zero-order valence-corrected chi connectivity index (χ0v) is 13.7. The lowest BCUT2D eigenvalue weighted by atomic mass is 10.2. The van der Waals surface area contributed by atoms with Crippen LogP contribution >= 0.6 is 11.6 Å². The maximum Gasteiger partial charge on any atom is 0.324 e. The first kappa shape index (κ1) is 15.3. The van der Waals surface area contributed by atoms with Crippen molar-refractivity contribution in [3.8, 4) is 0 Å². The molecular weight excluding hydrogens is 316 g/mol. The van der Waals surface area contributed by atoms with E-state index in [9.17, 15) is 4.79 Å². The number of carbonyl (C=O) groups is 1. The van der Waals surface area contributed by atoms with E-state index in [1.165, 1.54) is 0 Å². The molecule has 2 amide bonds. The number of hydrogen-bond donors (Lipinski definition) is 2. The minimum atomic E-state index is -0.411. The van der Waals surface area contributed by atoms with E-state index >= 15 is 0 Å². The second-order valence-electron chi connectivity index (χ2n) is 5.24. The minimum absolute atomic E-state index is 0.290. The van der Waals surface area contributed by atoms with Crippen LogP contribution in [-0.4, -0.2) is 16.2 Å². The summed E-state index contributed by atoms with van der Waals surface area (Å²) in [6.07, 6.45) is 0. The number of hydrogen-bond acceptors (Lipinski definition) is 4. The first-order valence-corrected chi connectivity index (χ1v) is 7.41. The summed E-state index contributed by atoms with van der Waals surface area (Å²) in [5, 5.41) is 10.5. The van der Waals surface area contributed by atoms with Gasteiger partial charge in [0.2, 0.25) is 0 Å². The number of para-hydroxylation sites is 1. The molecule has 2 N–H and O–H groups in total. The van der Waals surface area contributed by atoms with Crippen molar-refractivity contribution in [2.24, 2.45) is 0 Å². The van der Waals surface area contributed by atoms with Crippen LogP contribution in [0.25, 0.3) is 11.1 Å². The van der Waals surface area contributed by atoms with Crippen LogP contribution in [0.3, 0.4) is 0 Å². The summed E-state index contributed by atoms with van der Waals surface area (Å²) in [6.45, 7) is 5.54. The van der Waals surface area contributed by atoms with Crippen LogP contribution in [0.4, 0.5) is 16.3 Å². The van der Waals surface area contributed by atoms with Gasteiger partial charge in [-0.3, -0.25) is 5.32 Å². The van der Waals surface area contributed by atoms with Crippen LogP contribution in [0.1, 0.15) is 16.8 Å². The van der Waals surface area contributed by atoms with Crippen molar-refractivity contribution in [2.45, 2.75) is 20.8 Å². The number of aromatic nitrogens is 2. The molecule has 0 saturated carbocycles. The van der Waals surface area contributed by atoms with Gasteiger partial charge in [-0.1, -0.05) is 35.0 Å². The molecule has 0 spiro atoms. The third kappa shape index (κ3) is 2.85. The summed E-state index contributed by atoms with van der Waals surface area (Å²) in [5.74, 6) is 0.290. The molecule has 1 aromatic carbocycles. The van der Waals surface area contributed by atoms with Gasteiger partial charge in [0.1, 0.15) is 0 Å².